The van der Waals surface area contributed by atoms with Crippen LogP contribution in [-0.4, -0.2) is 30.8 Å². The lowest BCUT2D eigenvalue weighted by atomic mass is 10.1. The number of pyridine rings is 2. The second-order valence-corrected chi connectivity index (χ2v) is 7.74. The maximum Gasteiger partial charge on any atom is 0.433 e. The molecule has 0 unspecified atom stereocenters. The number of carbonyl (C=O) groups excluding carboxylic acids is 1. The van der Waals surface area contributed by atoms with E-state index in [9.17, 15) is 18.0 Å². The van der Waals surface area contributed by atoms with Gasteiger partial charge in [-0.1, -0.05) is 19.9 Å². The van der Waals surface area contributed by atoms with E-state index in [0.29, 0.717) is 34.8 Å². The number of hydrogen-bond donors (Lipinski definition) is 3. The number of halogens is 3. The Hall–Kier alpha value is -4.02. The number of fused-ring (bicyclic) bond motifs is 1. The van der Waals surface area contributed by atoms with Crippen molar-refractivity contribution in [3.05, 3.63) is 54.5 Å². The van der Waals surface area contributed by atoms with Crippen LogP contribution in [-0.2, 0) is 11.0 Å². The number of aromatic nitrogens is 5. The van der Waals surface area contributed by atoms with Crippen molar-refractivity contribution in [1.29, 1.82) is 0 Å². The summed E-state index contributed by atoms with van der Waals surface area (Å²) in [6.07, 6.45) is -1.04. The molecule has 0 aliphatic carbocycles. The average molecular weight is 455 g/mol. The molecule has 4 heterocycles. The first-order valence-electron chi connectivity index (χ1n) is 10.1. The number of hydrogen-bond acceptors (Lipinski definition) is 6. The summed E-state index contributed by atoms with van der Waals surface area (Å²) in [5.74, 6) is 0.809. The van der Waals surface area contributed by atoms with Crippen molar-refractivity contribution >= 4 is 34.3 Å². The molecule has 8 nitrogen and oxygen atoms in total. The molecule has 0 aromatic carbocycles. The Morgan fingerprint density at radius 3 is 2.70 bits per heavy atom. The van der Waals surface area contributed by atoms with Gasteiger partial charge in [0.25, 0.3) is 0 Å². The molecule has 0 aliphatic heterocycles. The lowest BCUT2D eigenvalue weighted by molar-refractivity contribution is -0.141. The molecular formula is C22H20F3N7O. The van der Waals surface area contributed by atoms with Crippen LogP contribution >= 0.6 is 0 Å². The highest BCUT2D eigenvalue weighted by Gasteiger charge is 2.32. The van der Waals surface area contributed by atoms with Gasteiger partial charge in [0.05, 0.1) is 5.39 Å². The molecule has 0 saturated heterocycles. The van der Waals surface area contributed by atoms with Crippen LogP contribution in [0.15, 0.2) is 48.8 Å². The van der Waals surface area contributed by atoms with Crippen LogP contribution in [0.3, 0.4) is 0 Å². The molecule has 33 heavy (non-hydrogen) atoms. The first kappa shape index (κ1) is 22.2. The van der Waals surface area contributed by atoms with Gasteiger partial charge in [-0.25, -0.2) is 19.9 Å². The molecule has 4 aromatic heterocycles. The van der Waals surface area contributed by atoms with E-state index >= 15 is 0 Å². The Kier molecular flexibility index (Phi) is 5.95. The predicted octanol–water partition coefficient (Wildman–Crippen LogP) is 5.16. The van der Waals surface area contributed by atoms with Gasteiger partial charge in [0, 0.05) is 30.6 Å². The van der Waals surface area contributed by atoms with Gasteiger partial charge in [0.2, 0.25) is 5.91 Å². The topological polar surface area (TPSA) is 108 Å². The largest absolute Gasteiger partial charge is 0.433 e. The third-order valence-corrected chi connectivity index (χ3v) is 4.57. The van der Waals surface area contributed by atoms with Gasteiger partial charge in [0.1, 0.15) is 28.7 Å². The molecule has 0 atom stereocenters. The fourth-order valence-electron chi connectivity index (χ4n) is 3.15. The van der Waals surface area contributed by atoms with Crippen molar-refractivity contribution in [2.45, 2.75) is 26.4 Å². The Bertz CT molecular complexity index is 1300. The van der Waals surface area contributed by atoms with Gasteiger partial charge in [0.15, 0.2) is 5.82 Å². The molecule has 1 amide bonds. The Labute approximate surface area is 186 Å². The van der Waals surface area contributed by atoms with E-state index in [4.69, 9.17) is 0 Å². The van der Waals surface area contributed by atoms with E-state index in [-0.39, 0.29) is 23.3 Å². The van der Waals surface area contributed by atoms with Crippen LogP contribution in [0, 0.1) is 5.92 Å². The van der Waals surface area contributed by atoms with Crippen LogP contribution in [0.1, 0.15) is 26.0 Å². The standard InChI is InChI=1S/C22H20F3N7O/c1-12(2)10-18(33)30-17-11-13(6-8-26-17)28-20-14-7-9-27-19(14)31-21(32-20)15-4-3-5-16(29-15)22(23,24)25/h3-9,11-12H,10H2,1-2H3,(H3,26,27,28,30,31,32,33). The van der Waals surface area contributed by atoms with Crippen molar-refractivity contribution in [2.75, 3.05) is 10.6 Å². The van der Waals surface area contributed by atoms with Crippen molar-refractivity contribution in [3.63, 3.8) is 0 Å². The molecule has 11 heteroatoms. The molecule has 0 aliphatic rings. The minimum absolute atomic E-state index is 0.0132. The number of anilines is 3. The summed E-state index contributed by atoms with van der Waals surface area (Å²) in [5, 5.41) is 6.51. The highest BCUT2D eigenvalue weighted by atomic mass is 19.4. The molecule has 4 rings (SSSR count). The van der Waals surface area contributed by atoms with Gasteiger partial charge in [-0.3, -0.25) is 4.79 Å². The zero-order valence-corrected chi connectivity index (χ0v) is 17.7. The third-order valence-electron chi connectivity index (χ3n) is 4.57. The minimum Gasteiger partial charge on any atom is -0.346 e. The van der Waals surface area contributed by atoms with E-state index in [1.807, 2.05) is 13.8 Å². The van der Waals surface area contributed by atoms with E-state index < -0.39 is 11.9 Å². The van der Waals surface area contributed by atoms with Crippen LogP contribution in [0.4, 0.5) is 30.5 Å². The fraction of sp³-hybridized carbons (Fsp3) is 0.227. The fourth-order valence-corrected chi connectivity index (χ4v) is 3.15. The maximum atomic E-state index is 13.1. The number of nitrogens with zero attached hydrogens (tertiary/aromatic N) is 4. The second-order valence-electron chi connectivity index (χ2n) is 7.74. The quantitative estimate of drug-likeness (QED) is 0.371. The lowest BCUT2D eigenvalue weighted by Gasteiger charge is -2.11. The van der Waals surface area contributed by atoms with E-state index in [1.54, 1.807) is 24.4 Å². The van der Waals surface area contributed by atoms with Gasteiger partial charge in [-0.05, 0) is 30.2 Å². The summed E-state index contributed by atoms with van der Waals surface area (Å²) in [7, 11) is 0. The summed E-state index contributed by atoms with van der Waals surface area (Å²) < 4.78 is 39.3. The highest BCUT2D eigenvalue weighted by molar-refractivity contribution is 5.92. The molecule has 0 saturated carbocycles. The maximum absolute atomic E-state index is 13.1. The van der Waals surface area contributed by atoms with Crippen molar-refractivity contribution in [1.82, 2.24) is 24.9 Å². The summed E-state index contributed by atoms with van der Waals surface area (Å²) in [4.78, 5) is 31.5. The summed E-state index contributed by atoms with van der Waals surface area (Å²) >= 11 is 0. The lowest BCUT2D eigenvalue weighted by Crippen LogP contribution is -2.14. The number of aromatic amines is 1. The number of H-pyrrole nitrogens is 1. The first-order chi connectivity index (χ1) is 15.7. The molecule has 0 fully saturated rings. The smallest absolute Gasteiger partial charge is 0.346 e. The third kappa shape index (κ3) is 5.25. The molecular weight excluding hydrogens is 435 g/mol. The van der Waals surface area contributed by atoms with E-state index in [2.05, 4.69) is 35.6 Å². The highest BCUT2D eigenvalue weighted by Crippen LogP contribution is 2.30. The number of nitrogens with one attached hydrogen (secondary N) is 3. The number of amides is 1. The van der Waals surface area contributed by atoms with Crippen LogP contribution < -0.4 is 10.6 Å². The SMILES string of the molecule is CC(C)CC(=O)Nc1cc(Nc2nc(-c3cccc(C(F)(F)F)n3)nc3[nH]ccc23)ccn1. The summed E-state index contributed by atoms with van der Waals surface area (Å²) in [5.41, 5.74) is -0.0310. The normalized spacial score (nSPS) is 11.7. The van der Waals surface area contributed by atoms with Crippen molar-refractivity contribution in [3.8, 4) is 11.5 Å². The summed E-state index contributed by atoms with van der Waals surface area (Å²) in [6, 6.07) is 8.63. The van der Waals surface area contributed by atoms with E-state index in [0.717, 1.165) is 6.07 Å². The summed E-state index contributed by atoms with van der Waals surface area (Å²) in [6.45, 7) is 3.89. The number of carbonyl (C=O) groups is 1. The van der Waals surface area contributed by atoms with Gasteiger partial charge in [-0.15, -0.1) is 0 Å². The zero-order chi connectivity index (χ0) is 23.6. The average Bonchev–Trinajstić information content (AvgIpc) is 3.22. The zero-order valence-electron chi connectivity index (χ0n) is 17.7. The second kappa shape index (κ2) is 8.85. The van der Waals surface area contributed by atoms with Crippen molar-refractivity contribution in [2.24, 2.45) is 5.92 Å². The molecule has 0 radical (unpaired) electrons. The Balaban J connectivity index is 1.66. The number of rotatable bonds is 6. The Morgan fingerprint density at radius 1 is 1.12 bits per heavy atom. The minimum atomic E-state index is -4.58. The molecule has 0 bridgehead atoms. The monoisotopic (exact) mass is 455 g/mol. The molecule has 4 aromatic rings. The molecule has 170 valence electrons. The molecule has 0 spiro atoms. The van der Waals surface area contributed by atoms with Gasteiger partial charge >= 0.3 is 6.18 Å². The number of alkyl halides is 3. The first-order valence-corrected chi connectivity index (χ1v) is 10.1. The Morgan fingerprint density at radius 2 is 1.94 bits per heavy atom. The van der Waals surface area contributed by atoms with Crippen LogP contribution in [0.5, 0.6) is 0 Å². The van der Waals surface area contributed by atoms with Crippen LogP contribution in [0.25, 0.3) is 22.6 Å². The van der Waals surface area contributed by atoms with Crippen molar-refractivity contribution < 1.29 is 18.0 Å². The predicted molar refractivity (Wildman–Crippen MR) is 118 cm³/mol. The van der Waals surface area contributed by atoms with Gasteiger partial charge < -0.3 is 15.6 Å². The van der Waals surface area contributed by atoms with E-state index in [1.165, 1.54) is 18.3 Å². The van der Waals surface area contributed by atoms with Gasteiger partial charge in [-0.2, -0.15) is 13.2 Å². The van der Waals surface area contributed by atoms with Crippen LogP contribution in [0.2, 0.25) is 0 Å². The molecule has 3 N–H and O–H groups in total.